The average Bonchev–Trinajstić information content (AvgIpc) is 2.76. The van der Waals surface area contributed by atoms with Gasteiger partial charge in [-0.15, -0.1) is 0 Å². The highest BCUT2D eigenvalue weighted by Crippen LogP contribution is 2.23. The lowest BCUT2D eigenvalue weighted by Gasteiger charge is -2.13. The Morgan fingerprint density at radius 3 is 2.62 bits per heavy atom. The molecule has 0 unspecified atom stereocenters. The van der Waals surface area contributed by atoms with E-state index in [1.807, 2.05) is 19.9 Å². The number of carbonyl (C=O) groups is 1. The van der Waals surface area contributed by atoms with Crippen LogP contribution in [0, 0.1) is 0 Å². The summed E-state index contributed by atoms with van der Waals surface area (Å²) in [6, 6.07) is 5.08. The van der Waals surface area contributed by atoms with Crippen LogP contribution in [0.25, 0.3) is 11.0 Å². The van der Waals surface area contributed by atoms with Crippen LogP contribution in [0.4, 0.5) is 0 Å². The van der Waals surface area contributed by atoms with E-state index in [1.165, 1.54) is 0 Å². The minimum Gasteiger partial charge on any atom is -0.478 e. The van der Waals surface area contributed by atoms with E-state index < -0.39 is 5.97 Å². The third-order valence-electron chi connectivity index (χ3n) is 3.31. The predicted molar refractivity (Wildman–Crippen MR) is 81.9 cm³/mol. The Balaban J connectivity index is 2.40. The molecule has 1 N–H and O–H groups in total. The maximum absolute atomic E-state index is 11.1. The summed E-state index contributed by atoms with van der Waals surface area (Å²) in [4.78, 5) is 15.7. The third-order valence-corrected chi connectivity index (χ3v) is 3.31. The van der Waals surface area contributed by atoms with Crippen molar-refractivity contribution in [1.82, 2.24) is 9.55 Å². The van der Waals surface area contributed by atoms with Crippen LogP contribution < -0.4 is 0 Å². The fraction of sp³-hybridized carbons (Fsp3) is 0.500. The molecule has 0 amide bonds. The van der Waals surface area contributed by atoms with Crippen LogP contribution in [0.1, 0.15) is 49.8 Å². The molecule has 0 aliphatic heterocycles. The first kappa shape index (κ1) is 15.5. The molecule has 1 aromatic heterocycles. The third kappa shape index (κ3) is 3.42. The summed E-state index contributed by atoms with van der Waals surface area (Å²) in [6.45, 7) is 9.51. The summed E-state index contributed by atoms with van der Waals surface area (Å²) >= 11 is 0. The molecule has 0 bridgehead atoms. The molecule has 0 spiro atoms. The molecule has 0 saturated heterocycles. The molecule has 0 aliphatic rings. The Kier molecular flexibility index (Phi) is 4.63. The van der Waals surface area contributed by atoms with Gasteiger partial charge in [-0.05, 0) is 32.0 Å². The predicted octanol–water partition coefficient (Wildman–Crippen LogP) is 3.28. The maximum Gasteiger partial charge on any atom is 0.335 e. The first-order chi connectivity index (χ1) is 9.90. The fourth-order valence-electron chi connectivity index (χ4n) is 2.34. The second-order valence-corrected chi connectivity index (χ2v) is 5.70. The van der Waals surface area contributed by atoms with Gasteiger partial charge in [0, 0.05) is 12.5 Å². The zero-order valence-electron chi connectivity index (χ0n) is 13.0. The monoisotopic (exact) mass is 290 g/mol. The van der Waals surface area contributed by atoms with Gasteiger partial charge in [-0.1, -0.05) is 13.8 Å². The van der Waals surface area contributed by atoms with E-state index in [2.05, 4.69) is 23.4 Å². The van der Waals surface area contributed by atoms with Crippen molar-refractivity contribution >= 4 is 17.0 Å². The van der Waals surface area contributed by atoms with Crippen molar-refractivity contribution in [3.05, 3.63) is 29.6 Å². The van der Waals surface area contributed by atoms with Crippen LogP contribution in [0.5, 0.6) is 0 Å². The number of hydrogen-bond donors (Lipinski definition) is 1. The summed E-state index contributed by atoms with van der Waals surface area (Å²) in [7, 11) is 0. The lowest BCUT2D eigenvalue weighted by molar-refractivity contribution is 0.0696. The molecule has 1 aromatic carbocycles. The van der Waals surface area contributed by atoms with Crippen molar-refractivity contribution in [1.29, 1.82) is 0 Å². The van der Waals surface area contributed by atoms with Crippen LogP contribution >= 0.6 is 0 Å². The molecule has 0 aliphatic carbocycles. The second-order valence-electron chi connectivity index (χ2n) is 5.70. The van der Waals surface area contributed by atoms with Gasteiger partial charge >= 0.3 is 5.97 Å². The average molecular weight is 290 g/mol. The number of benzene rings is 1. The van der Waals surface area contributed by atoms with E-state index in [4.69, 9.17) is 9.84 Å². The van der Waals surface area contributed by atoms with Crippen LogP contribution in [0.15, 0.2) is 18.2 Å². The summed E-state index contributed by atoms with van der Waals surface area (Å²) in [5.41, 5.74) is 1.94. The van der Waals surface area contributed by atoms with Gasteiger partial charge in [0.15, 0.2) is 0 Å². The van der Waals surface area contributed by atoms with Crippen molar-refractivity contribution < 1.29 is 14.6 Å². The van der Waals surface area contributed by atoms with Crippen LogP contribution in [-0.4, -0.2) is 33.3 Å². The number of ether oxygens (including phenoxy) is 1. The molecular formula is C16H22N2O3. The minimum absolute atomic E-state index is 0.195. The highest BCUT2D eigenvalue weighted by Gasteiger charge is 2.15. The van der Waals surface area contributed by atoms with Crippen LogP contribution in [0.2, 0.25) is 0 Å². The van der Waals surface area contributed by atoms with E-state index in [1.54, 1.807) is 12.1 Å². The van der Waals surface area contributed by atoms with Crippen molar-refractivity contribution in [2.45, 2.75) is 46.3 Å². The minimum atomic E-state index is -0.930. The largest absolute Gasteiger partial charge is 0.478 e. The first-order valence-corrected chi connectivity index (χ1v) is 7.25. The summed E-state index contributed by atoms with van der Waals surface area (Å²) in [5, 5.41) is 9.08. The molecule has 5 nitrogen and oxygen atoms in total. The standard InChI is InChI=1S/C16H22N2O3/c1-10(2)15-17-13-9-12(16(19)20)5-6-14(13)18(15)7-8-21-11(3)4/h5-6,9-11H,7-8H2,1-4H3,(H,19,20). The highest BCUT2D eigenvalue weighted by atomic mass is 16.5. The van der Waals surface area contributed by atoms with E-state index in [0.717, 1.165) is 16.9 Å². The normalized spacial score (nSPS) is 11.7. The van der Waals surface area contributed by atoms with Gasteiger partial charge < -0.3 is 14.4 Å². The molecular weight excluding hydrogens is 268 g/mol. The SMILES string of the molecule is CC(C)OCCn1c(C(C)C)nc2cc(C(=O)O)ccc21. The van der Waals surface area contributed by atoms with Gasteiger partial charge in [0.2, 0.25) is 0 Å². The molecule has 5 heteroatoms. The number of aromatic carboxylic acids is 1. The molecule has 2 rings (SSSR count). The van der Waals surface area contributed by atoms with Gasteiger partial charge in [-0.25, -0.2) is 9.78 Å². The Labute approximate surface area is 124 Å². The van der Waals surface area contributed by atoms with E-state index in [0.29, 0.717) is 13.2 Å². The van der Waals surface area contributed by atoms with Crippen molar-refractivity contribution in [2.24, 2.45) is 0 Å². The zero-order valence-corrected chi connectivity index (χ0v) is 13.0. The van der Waals surface area contributed by atoms with Gasteiger partial charge in [-0.2, -0.15) is 0 Å². The number of rotatable bonds is 6. The number of hydrogen-bond acceptors (Lipinski definition) is 3. The lowest BCUT2D eigenvalue weighted by atomic mass is 10.2. The molecule has 114 valence electrons. The molecule has 1 heterocycles. The van der Waals surface area contributed by atoms with Crippen molar-refractivity contribution in [2.75, 3.05) is 6.61 Å². The molecule has 0 radical (unpaired) electrons. The summed E-state index contributed by atoms with van der Waals surface area (Å²) < 4.78 is 7.74. The Morgan fingerprint density at radius 1 is 1.33 bits per heavy atom. The van der Waals surface area contributed by atoms with Gasteiger partial charge in [0.25, 0.3) is 0 Å². The van der Waals surface area contributed by atoms with E-state index in [9.17, 15) is 4.79 Å². The number of carboxylic acids is 1. The topological polar surface area (TPSA) is 64.4 Å². The second kappa shape index (κ2) is 6.26. The van der Waals surface area contributed by atoms with Crippen LogP contribution in [-0.2, 0) is 11.3 Å². The quantitative estimate of drug-likeness (QED) is 0.886. The summed E-state index contributed by atoms with van der Waals surface area (Å²) in [5.74, 6) is 0.297. The molecule has 0 fully saturated rings. The molecule has 0 saturated carbocycles. The van der Waals surface area contributed by atoms with E-state index in [-0.39, 0.29) is 17.6 Å². The van der Waals surface area contributed by atoms with Gasteiger partial charge in [-0.3, -0.25) is 0 Å². The molecule has 2 aromatic rings. The number of imidazole rings is 1. The fourth-order valence-corrected chi connectivity index (χ4v) is 2.34. The Bertz CT molecular complexity index is 644. The Hall–Kier alpha value is -1.88. The number of aromatic nitrogens is 2. The van der Waals surface area contributed by atoms with Crippen LogP contribution in [0.3, 0.4) is 0 Å². The first-order valence-electron chi connectivity index (χ1n) is 7.25. The lowest BCUT2D eigenvalue weighted by Crippen LogP contribution is -2.13. The van der Waals surface area contributed by atoms with Crippen molar-refractivity contribution in [3.63, 3.8) is 0 Å². The number of nitrogens with zero attached hydrogens (tertiary/aromatic N) is 2. The van der Waals surface area contributed by atoms with Gasteiger partial charge in [0.05, 0.1) is 29.3 Å². The van der Waals surface area contributed by atoms with Gasteiger partial charge in [0.1, 0.15) is 5.82 Å². The number of fused-ring (bicyclic) bond motifs is 1. The Morgan fingerprint density at radius 2 is 2.05 bits per heavy atom. The summed E-state index contributed by atoms with van der Waals surface area (Å²) in [6.07, 6.45) is 0.195. The number of carboxylic acid groups (broad SMARTS) is 1. The maximum atomic E-state index is 11.1. The highest BCUT2D eigenvalue weighted by molar-refractivity contribution is 5.92. The van der Waals surface area contributed by atoms with E-state index >= 15 is 0 Å². The molecule has 0 atom stereocenters. The zero-order chi connectivity index (χ0) is 15.6. The molecule has 21 heavy (non-hydrogen) atoms. The smallest absolute Gasteiger partial charge is 0.335 e. The van der Waals surface area contributed by atoms with Crippen molar-refractivity contribution in [3.8, 4) is 0 Å².